The van der Waals surface area contributed by atoms with Gasteiger partial charge in [0.25, 0.3) is 0 Å². The molecule has 2 N–H and O–H groups in total. The first-order valence-electron chi connectivity index (χ1n) is 9.37. The summed E-state index contributed by atoms with van der Waals surface area (Å²) in [6.45, 7) is 4.93. The highest BCUT2D eigenvalue weighted by atomic mass is 19.1. The summed E-state index contributed by atoms with van der Waals surface area (Å²) in [5, 5.41) is 14.1. The first-order valence-corrected chi connectivity index (χ1v) is 9.37. The van der Waals surface area contributed by atoms with Gasteiger partial charge < -0.3 is 20.1 Å². The van der Waals surface area contributed by atoms with Gasteiger partial charge in [-0.05, 0) is 31.2 Å². The van der Waals surface area contributed by atoms with Crippen molar-refractivity contribution >= 4 is 16.9 Å². The molecule has 1 unspecified atom stereocenters. The first kappa shape index (κ1) is 18.6. The lowest BCUT2D eigenvalue weighted by Gasteiger charge is -2.28. The summed E-state index contributed by atoms with van der Waals surface area (Å²) in [6.07, 6.45) is -0.714. The Morgan fingerprint density at radius 1 is 1.18 bits per heavy atom. The van der Waals surface area contributed by atoms with Crippen molar-refractivity contribution < 1.29 is 14.2 Å². The summed E-state index contributed by atoms with van der Waals surface area (Å²) in [7, 11) is 1.55. The summed E-state index contributed by atoms with van der Waals surface area (Å²) in [4.78, 5) is 11.6. The first-order chi connectivity index (χ1) is 13.6. The highest BCUT2D eigenvalue weighted by Gasteiger charge is 2.21. The van der Waals surface area contributed by atoms with Crippen molar-refractivity contribution in [1.29, 1.82) is 0 Å². The number of halogens is 1. The Morgan fingerprint density at radius 2 is 1.93 bits per heavy atom. The third-order valence-corrected chi connectivity index (χ3v) is 5.01. The number of fused-ring (bicyclic) bond motifs is 1. The molecule has 6 nitrogen and oxygen atoms in total. The number of aliphatic hydroxyl groups excluding tert-OH is 1. The van der Waals surface area contributed by atoms with Gasteiger partial charge in [0.15, 0.2) is 0 Å². The number of benzene rings is 2. The third kappa shape index (κ3) is 3.39. The molecule has 0 aliphatic carbocycles. The van der Waals surface area contributed by atoms with Crippen LogP contribution >= 0.6 is 0 Å². The van der Waals surface area contributed by atoms with Gasteiger partial charge in [-0.15, -0.1) is 0 Å². The molecule has 0 radical (unpaired) electrons. The highest BCUT2D eigenvalue weighted by Crippen LogP contribution is 2.36. The number of nitrogens with one attached hydrogen (secondary N) is 1. The summed E-state index contributed by atoms with van der Waals surface area (Å²) in [5.74, 6) is 0.750. The monoisotopic (exact) mass is 382 g/mol. The summed E-state index contributed by atoms with van der Waals surface area (Å²) in [6, 6.07) is 10.2. The molecule has 1 saturated heterocycles. The lowest BCUT2D eigenvalue weighted by atomic mass is 10.0. The van der Waals surface area contributed by atoms with E-state index in [2.05, 4.69) is 10.2 Å². The Balaban J connectivity index is 1.99. The fraction of sp³-hybridized carbons (Fsp3) is 0.333. The standard InChI is InChI=1S/C21H23FN4O2/c1-13(27)15-11-18-16(12-19(15)28-2)20(14-5-3-4-6-17(14)22)25-21(24-18)26-9-7-23-8-10-26/h3-6,11-13,23,27H,7-10H2,1-2H3. The van der Waals surface area contributed by atoms with E-state index in [0.29, 0.717) is 39.4 Å². The van der Waals surface area contributed by atoms with Gasteiger partial charge in [-0.1, -0.05) is 12.1 Å². The van der Waals surface area contributed by atoms with Crippen LogP contribution in [0, 0.1) is 5.82 Å². The van der Waals surface area contributed by atoms with Gasteiger partial charge >= 0.3 is 0 Å². The Morgan fingerprint density at radius 3 is 2.61 bits per heavy atom. The van der Waals surface area contributed by atoms with Gasteiger partial charge in [0.1, 0.15) is 11.6 Å². The van der Waals surface area contributed by atoms with E-state index < -0.39 is 6.10 Å². The van der Waals surface area contributed by atoms with E-state index in [0.717, 1.165) is 26.2 Å². The zero-order chi connectivity index (χ0) is 19.7. The second kappa shape index (κ2) is 7.69. The quantitative estimate of drug-likeness (QED) is 0.723. The second-order valence-corrected chi connectivity index (χ2v) is 6.88. The van der Waals surface area contributed by atoms with Gasteiger partial charge in [-0.25, -0.2) is 14.4 Å². The maximum absolute atomic E-state index is 14.6. The van der Waals surface area contributed by atoms with Gasteiger partial charge in [-0.3, -0.25) is 0 Å². The van der Waals surface area contributed by atoms with E-state index >= 15 is 0 Å². The highest BCUT2D eigenvalue weighted by molar-refractivity contribution is 5.95. The van der Waals surface area contributed by atoms with E-state index in [9.17, 15) is 9.50 Å². The molecule has 2 aromatic carbocycles. The van der Waals surface area contributed by atoms with Crippen molar-refractivity contribution in [2.45, 2.75) is 13.0 Å². The molecule has 1 aliphatic rings. The number of hydrogen-bond acceptors (Lipinski definition) is 6. The van der Waals surface area contributed by atoms with E-state index in [1.807, 2.05) is 0 Å². The molecule has 0 bridgehead atoms. The van der Waals surface area contributed by atoms with E-state index in [1.54, 1.807) is 44.4 Å². The Labute approximate surface area is 163 Å². The van der Waals surface area contributed by atoms with Crippen LogP contribution in [-0.2, 0) is 0 Å². The van der Waals surface area contributed by atoms with Crippen LogP contribution in [0.5, 0.6) is 5.75 Å². The Kier molecular flexibility index (Phi) is 5.11. The Hall–Kier alpha value is -2.77. The smallest absolute Gasteiger partial charge is 0.226 e. The summed E-state index contributed by atoms with van der Waals surface area (Å²) in [5.41, 5.74) is 2.23. The molecule has 0 spiro atoms. The van der Waals surface area contributed by atoms with Crippen molar-refractivity contribution in [2.75, 3.05) is 38.2 Å². The van der Waals surface area contributed by atoms with Crippen LogP contribution in [0.1, 0.15) is 18.6 Å². The fourth-order valence-electron chi connectivity index (χ4n) is 3.53. The fourth-order valence-corrected chi connectivity index (χ4v) is 3.53. The minimum atomic E-state index is -0.714. The lowest BCUT2D eigenvalue weighted by molar-refractivity contribution is 0.194. The minimum absolute atomic E-state index is 0.340. The van der Waals surface area contributed by atoms with Crippen LogP contribution in [0.25, 0.3) is 22.2 Å². The molecule has 0 saturated carbocycles. The minimum Gasteiger partial charge on any atom is -0.496 e. The van der Waals surface area contributed by atoms with Crippen molar-refractivity contribution in [1.82, 2.24) is 15.3 Å². The Bertz CT molecular complexity index is 1000. The van der Waals surface area contributed by atoms with Crippen LogP contribution in [0.3, 0.4) is 0 Å². The number of methoxy groups -OCH3 is 1. The topological polar surface area (TPSA) is 70.5 Å². The zero-order valence-electron chi connectivity index (χ0n) is 15.9. The molecule has 28 heavy (non-hydrogen) atoms. The van der Waals surface area contributed by atoms with Crippen molar-refractivity contribution in [3.8, 4) is 17.0 Å². The maximum atomic E-state index is 14.6. The molecule has 0 amide bonds. The van der Waals surface area contributed by atoms with E-state index in [-0.39, 0.29) is 5.82 Å². The molecule has 4 rings (SSSR count). The second-order valence-electron chi connectivity index (χ2n) is 6.88. The predicted molar refractivity (Wildman–Crippen MR) is 107 cm³/mol. The average molecular weight is 382 g/mol. The predicted octanol–water partition coefficient (Wildman–Crippen LogP) is 2.91. The molecule has 7 heteroatoms. The lowest BCUT2D eigenvalue weighted by Crippen LogP contribution is -2.44. The molecule has 1 aromatic heterocycles. The molecule has 2 heterocycles. The van der Waals surface area contributed by atoms with Crippen molar-refractivity contribution in [2.24, 2.45) is 0 Å². The van der Waals surface area contributed by atoms with Gasteiger partial charge in [0.2, 0.25) is 5.95 Å². The number of ether oxygens (including phenoxy) is 1. The van der Waals surface area contributed by atoms with Crippen molar-refractivity contribution in [3.05, 3.63) is 47.8 Å². The number of anilines is 1. The zero-order valence-corrected chi connectivity index (χ0v) is 15.9. The van der Waals surface area contributed by atoms with Crippen LogP contribution in [0.15, 0.2) is 36.4 Å². The number of aromatic nitrogens is 2. The van der Waals surface area contributed by atoms with Crippen LogP contribution in [0.2, 0.25) is 0 Å². The van der Waals surface area contributed by atoms with Gasteiger partial charge in [-0.2, -0.15) is 0 Å². The molecular weight excluding hydrogens is 359 g/mol. The maximum Gasteiger partial charge on any atom is 0.226 e. The normalized spacial score (nSPS) is 15.6. The molecular formula is C21H23FN4O2. The number of aliphatic hydroxyl groups is 1. The van der Waals surface area contributed by atoms with Crippen molar-refractivity contribution in [3.63, 3.8) is 0 Å². The molecule has 146 valence electrons. The molecule has 1 aliphatic heterocycles. The summed E-state index contributed by atoms with van der Waals surface area (Å²) < 4.78 is 20.1. The number of piperazine rings is 1. The van der Waals surface area contributed by atoms with Crippen LogP contribution < -0.4 is 15.0 Å². The SMILES string of the molecule is COc1cc2c(-c3ccccc3F)nc(N3CCNCC3)nc2cc1C(C)O. The van der Waals surface area contributed by atoms with E-state index in [1.165, 1.54) is 6.07 Å². The molecule has 3 aromatic rings. The number of hydrogen-bond donors (Lipinski definition) is 2. The third-order valence-electron chi connectivity index (χ3n) is 5.01. The molecule has 1 atom stereocenters. The number of nitrogens with zero attached hydrogens (tertiary/aromatic N) is 3. The van der Waals surface area contributed by atoms with Crippen LogP contribution in [0.4, 0.5) is 10.3 Å². The van der Waals surface area contributed by atoms with E-state index in [4.69, 9.17) is 14.7 Å². The average Bonchev–Trinajstić information content (AvgIpc) is 2.73. The number of rotatable bonds is 4. The largest absolute Gasteiger partial charge is 0.496 e. The van der Waals surface area contributed by atoms with Crippen LogP contribution in [-0.4, -0.2) is 48.4 Å². The van der Waals surface area contributed by atoms with Gasteiger partial charge in [0.05, 0.1) is 24.4 Å². The molecule has 1 fully saturated rings. The summed E-state index contributed by atoms with van der Waals surface area (Å²) >= 11 is 0. The van der Waals surface area contributed by atoms with Gasteiger partial charge in [0, 0.05) is 42.7 Å².